The van der Waals surface area contributed by atoms with Gasteiger partial charge in [-0.1, -0.05) is 32.1 Å². The Morgan fingerprint density at radius 3 is 2.56 bits per heavy atom. The van der Waals surface area contributed by atoms with Crippen LogP contribution >= 0.6 is 0 Å². The molecular formula is C30H37FN2O. The summed E-state index contributed by atoms with van der Waals surface area (Å²) in [6, 6.07) is 8.83. The first-order chi connectivity index (χ1) is 16.1. The molecule has 4 aliphatic rings. The molecule has 1 amide bonds. The predicted octanol–water partition coefficient (Wildman–Crippen LogP) is 6.82. The fraction of sp³-hybridized carbons (Fsp3) is 0.600. The number of halogens is 1. The van der Waals surface area contributed by atoms with Crippen molar-refractivity contribution in [2.24, 2.45) is 34.5 Å². The number of hydrogen-bond donors (Lipinski definition) is 1. The van der Waals surface area contributed by atoms with Crippen molar-refractivity contribution in [3.05, 3.63) is 58.9 Å². The Morgan fingerprint density at radius 1 is 1.12 bits per heavy atom. The second-order valence-electron chi connectivity index (χ2n) is 12.3. The quantitative estimate of drug-likeness (QED) is 0.538. The average Bonchev–Trinajstić information content (AvgIpc) is 3.16. The summed E-state index contributed by atoms with van der Waals surface area (Å²) in [6.07, 6.45) is 11.9. The third-order valence-corrected chi connectivity index (χ3v) is 10.2. The zero-order valence-electron chi connectivity index (χ0n) is 21.0. The molecule has 34 heavy (non-hydrogen) atoms. The Bertz CT molecular complexity index is 1090. The Hall–Kier alpha value is -2.41. The topological polar surface area (TPSA) is 52.9 Å². The normalized spacial score (nSPS) is 36.8. The number of nitrogens with one attached hydrogen (secondary N) is 1. The standard InChI is InChI=1S/C30H37FN2O/c1-28(2,20-5-8-22(31)9-6-20)33-27(34)26-12-11-24-23-10-7-21-17-19(18-32)13-15-29(21,3)25(23)14-16-30(24,26)4/h5-9,17,23-26H,10-16H2,1-4H3,(H,33,34)/t23-,24-,25-,26+,29-,30-/m0/s1. The molecule has 0 radical (unpaired) electrons. The van der Waals surface area contributed by atoms with Crippen molar-refractivity contribution in [1.29, 1.82) is 5.26 Å². The second kappa shape index (κ2) is 8.08. The van der Waals surface area contributed by atoms with Crippen LogP contribution < -0.4 is 5.32 Å². The van der Waals surface area contributed by atoms with Gasteiger partial charge in [0.05, 0.1) is 11.6 Å². The molecular weight excluding hydrogens is 423 g/mol. The molecule has 0 spiro atoms. The van der Waals surface area contributed by atoms with Crippen molar-refractivity contribution in [3.63, 3.8) is 0 Å². The molecule has 0 saturated heterocycles. The molecule has 1 aromatic rings. The van der Waals surface area contributed by atoms with Gasteiger partial charge in [0.2, 0.25) is 5.91 Å². The SMILES string of the molecule is CC(C)(NC(=O)[C@H]1CC[C@H]2[C@@H]3CC=C4C=C(C#N)CC[C@]4(C)[C@H]3CC[C@]12C)c1ccc(F)cc1. The minimum atomic E-state index is -0.542. The van der Waals surface area contributed by atoms with Crippen molar-refractivity contribution in [2.75, 3.05) is 0 Å². The maximum absolute atomic E-state index is 13.6. The minimum Gasteiger partial charge on any atom is -0.347 e. The summed E-state index contributed by atoms with van der Waals surface area (Å²) in [7, 11) is 0. The highest BCUT2D eigenvalue weighted by atomic mass is 19.1. The van der Waals surface area contributed by atoms with Crippen LogP contribution in [0.15, 0.2) is 47.6 Å². The van der Waals surface area contributed by atoms with E-state index in [2.05, 4.69) is 37.4 Å². The van der Waals surface area contributed by atoms with E-state index in [0.29, 0.717) is 17.8 Å². The first-order valence-electron chi connectivity index (χ1n) is 13.0. The van der Waals surface area contributed by atoms with Gasteiger partial charge in [-0.25, -0.2) is 4.39 Å². The van der Waals surface area contributed by atoms with Gasteiger partial charge in [0.1, 0.15) is 5.82 Å². The van der Waals surface area contributed by atoms with Crippen molar-refractivity contribution < 1.29 is 9.18 Å². The van der Waals surface area contributed by atoms with Gasteiger partial charge in [0.25, 0.3) is 0 Å². The maximum Gasteiger partial charge on any atom is 0.224 e. The summed E-state index contributed by atoms with van der Waals surface area (Å²) in [6.45, 7) is 8.80. The van der Waals surface area contributed by atoms with E-state index in [1.807, 2.05) is 13.8 Å². The molecule has 0 bridgehead atoms. The van der Waals surface area contributed by atoms with E-state index in [0.717, 1.165) is 56.1 Å². The molecule has 0 heterocycles. The molecule has 0 aliphatic heterocycles. The van der Waals surface area contributed by atoms with E-state index in [-0.39, 0.29) is 28.5 Å². The van der Waals surface area contributed by atoms with Crippen LogP contribution in [-0.4, -0.2) is 5.91 Å². The van der Waals surface area contributed by atoms with Crippen LogP contribution in [0, 0.1) is 51.6 Å². The molecule has 0 aromatic heterocycles. The average molecular weight is 461 g/mol. The molecule has 4 aliphatic carbocycles. The van der Waals surface area contributed by atoms with Crippen molar-refractivity contribution >= 4 is 5.91 Å². The molecule has 180 valence electrons. The maximum atomic E-state index is 13.6. The number of benzene rings is 1. The number of allylic oxidation sites excluding steroid dienone is 4. The van der Waals surface area contributed by atoms with Crippen molar-refractivity contribution in [2.45, 2.75) is 78.2 Å². The van der Waals surface area contributed by atoms with E-state index < -0.39 is 5.54 Å². The minimum absolute atomic E-state index is 0.0211. The Labute approximate surface area is 203 Å². The first-order valence-corrected chi connectivity index (χ1v) is 13.0. The van der Waals surface area contributed by atoms with Gasteiger partial charge in [-0.15, -0.1) is 0 Å². The van der Waals surface area contributed by atoms with Crippen LogP contribution in [-0.2, 0) is 10.3 Å². The number of carbonyl (C=O) groups excluding carboxylic acids is 1. The molecule has 2 saturated carbocycles. The lowest BCUT2D eigenvalue weighted by Gasteiger charge is -2.57. The summed E-state index contributed by atoms with van der Waals surface area (Å²) in [5.74, 6) is 1.73. The highest BCUT2D eigenvalue weighted by Gasteiger charge is 2.59. The number of nitriles is 1. The molecule has 3 nitrogen and oxygen atoms in total. The fourth-order valence-electron chi connectivity index (χ4n) is 8.18. The van der Waals surface area contributed by atoms with Gasteiger partial charge in [-0.05, 0) is 117 Å². The number of nitrogens with zero attached hydrogens (tertiary/aromatic N) is 1. The molecule has 2 fully saturated rings. The first kappa shape index (κ1) is 23.3. The van der Waals surface area contributed by atoms with Gasteiger partial charge >= 0.3 is 0 Å². The van der Waals surface area contributed by atoms with Gasteiger partial charge in [-0.2, -0.15) is 5.26 Å². The molecule has 6 atom stereocenters. The van der Waals surface area contributed by atoms with Crippen LogP contribution in [0.25, 0.3) is 0 Å². The van der Waals surface area contributed by atoms with Crippen LogP contribution in [0.1, 0.15) is 78.2 Å². The third-order valence-electron chi connectivity index (χ3n) is 10.2. The van der Waals surface area contributed by atoms with Gasteiger partial charge in [0, 0.05) is 11.5 Å². The lowest BCUT2D eigenvalue weighted by atomic mass is 9.48. The number of amides is 1. The van der Waals surface area contributed by atoms with E-state index in [4.69, 9.17) is 0 Å². The molecule has 5 rings (SSSR count). The highest BCUT2D eigenvalue weighted by Crippen LogP contribution is 2.66. The lowest BCUT2D eigenvalue weighted by molar-refractivity contribution is -0.133. The summed E-state index contributed by atoms with van der Waals surface area (Å²) in [4.78, 5) is 13.6. The van der Waals surface area contributed by atoms with Gasteiger partial charge in [0.15, 0.2) is 0 Å². The summed E-state index contributed by atoms with van der Waals surface area (Å²) >= 11 is 0. The molecule has 4 heteroatoms. The lowest BCUT2D eigenvalue weighted by Crippen LogP contribution is -2.52. The van der Waals surface area contributed by atoms with E-state index >= 15 is 0 Å². The molecule has 1 aromatic carbocycles. The third kappa shape index (κ3) is 3.55. The highest BCUT2D eigenvalue weighted by molar-refractivity contribution is 5.81. The van der Waals surface area contributed by atoms with E-state index in [1.165, 1.54) is 17.7 Å². The van der Waals surface area contributed by atoms with Crippen molar-refractivity contribution in [3.8, 4) is 6.07 Å². The molecule has 1 N–H and O–H groups in total. The largest absolute Gasteiger partial charge is 0.347 e. The van der Waals surface area contributed by atoms with Gasteiger partial charge < -0.3 is 5.32 Å². The number of fused-ring (bicyclic) bond motifs is 5. The Balaban J connectivity index is 1.36. The van der Waals surface area contributed by atoms with Crippen LogP contribution in [0.4, 0.5) is 4.39 Å². The Kier molecular flexibility index (Phi) is 5.54. The second-order valence-corrected chi connectivity index (χ2v) is 12.3. The monoisotopic (exact) mass is 460 g/mol. The van der Waals surface area contributed by atoms with Crippen LogP contribution in [0.5, 0.6) is 0 Å². The number of hydrogen-bond acceptors (Lipinski definition) is 2. The van der Waals surface area contributed by atoms with E-state index in [1.54, 1.807) is 12.1 Å². The number of carbonyl (C=O) groups is 1. The zero-order valence-corrected chi connectivity index (χ0v) is 21.0. The smallest absolute Gasteiger partial charge is 0.224 e. The van der Waals surface area contributed by atoms with Crippen LogP contribution in [0.2, 0.25) is 0 Å². The zero-order chi connectivity index (χ0) is 24.3. The van der Waals surface area contributed by atoms with Crippen molar-refractivity contribution in [1.82, 2.24) is 5.32 Å². The number of rotatable bonds is 3. The van der Waals surface area contributed by atoms with Gasteiger partial charge in [-0.3, -0.25) is 4.79 Å². The molecule has 0 unspecified atom stereocenters. The van der Waals surface area contributed by atoms with E-state index in [9.17, 15) is 14.4 Å². The summed E-state index contributed by atoms with van der Waals surface area (Å²) in [5.41, 5.74) is 2.87. The van der Waals surface area contributed by atoms with Crippen LogP contribution in [0.3, 0.4) is 0 Å². The summed E-state index contributed by atoms with van der Waals surface area (Å²) < 4.78 is 13.4. The summed E-state index contributed by atoms with van der Waals surface area (Å²) in [5, 5.41) is 12.7. The fourth-order valence-corrected chi connectivity index (χ4v) is 8.18. The predicted molar refractivity (Wildman–Crippen MR) is 132 cm³/mol. The Morgan fingerprint density at radius 2 is 1.85 bits per heavy atom.